The van der Waals surface area contributed by atoms with Gasteiger partial charge in [-0.1, -0.05) is 5.11 Å². The highest BCUT2D eigenvalue weighted by Crippen LogP contribution is 2.09. The summed E-state index contributed by atoms with van der Waals surface area (Å²) in [5.74, 6) is 0.179. The summed E-state index contributed by atoms with van der Waals surface area (Å²) in [6, 6.07) is 3.08. The van der Waals surface area contributed by atoms with Crippen LogP contribution in [0.5, 0.6) is 0 Å². The second kappa shape index (κ2) is 7.33. The van der Waals surface area contributed by atoms with Gasteiger partial charge in [-0.05, 0) is 17.7 Å². The van der Waals surface area contributed by atoms with Gasteiger partial charge < -0.3 is 19.2 Å². The number of carbonyl (C=O) groups excluding carboxylic acids is 1. The van der Waals surface area contributed by atoms with Crippen LogP contribution in [-0.2, 0) is 16.0 Å². The Balaban J connectivity index is 2.51. The first-order valence-electron chi connectivity index (χ1n) is 5.14. The standard InChI is InChI=1S/C10H14N4O4/c1-16-9(17-2)6-12-10(15)8-4-3-7(18-8)5-13-14-11/h3-4,9H,5-6H2,1-2H3,(H,12,15). The number of ether oxygens (including phenoxy) is 2. The number of carbonyl (C=O) groups is 1. The monoisotopic (exact) mass is 254 g/mol. The molecule has 0 spiro atoms. The minimum absolute atomic E-state index is 0.0720. The van der Waals surface area contributed by atoms with Crippen LogP contribution in [0.25, 0.3) is 10.4 Å². The molecule has 0 atom stereocenters. The molecule has 1 N–H and O–H groups in total. The van der Waals surface area contributed by atoms with Gasteiger partial charge in [-0.2, -0.15) is 0 Å². The third-order valence-electron chi connectivity index (χ3n) is 2.13. The van der Waals surface area contributed by atoms with Crippen molar-refractivity contribution >= 4 is 5.91 Å². The van der Waals surface area contributed by atoms with E-state index in [0.29, 0.717) is 5.76 Å². The zero-order chi connectivity index (χ0) is 13.4. The van der Waals surface area contributed by atoms with E-state index in [-0.39, 0.29) is 24.8 Å². The Hall–Kier alpha value is -2.02. The quantitative estimate of drug-likeness (QED) is 0.343. The van der Waals surface area contributed by atoms with Gasteiger partial charge in [0.25, 0.3) is 5.91 Å². The SMILES string of the molecule is COC(CNC(=O)c1ccc(CN=[N+]=[N-])o1)OC. The van der Waals surface area contributed by atoms with Crippen molar-refractivity contribution in [3.8, 4) is 0 Å². The van der Waals surface area contributed by atoms with E-state index in [1.54, 1.807) is 6.07 Å². The van der Waals surface area contributed by atoms with E-state index in [9.17, 15) is 4.79 Å². The number of amides is 1. The second-order valence-electron chi connectivity index (χ2n) is 3.27. The summed E-state index contributed by atoms with van der Waals surface area (Å²) in [6.45, 7) is 0.279. The number of nitrogens with zero attached hydrogens (tertiary/aromatic N) is 3. The maximum absolute atomic E-state index is 11.6. The van der Waals surface area contributed by atoms with Crippen LogP contribution < -0.4 is 5.32 Å². The summed E-state index contributed by atoms with van der Waals surface area (Å²) in [7, 11) is 2.95. The maximum Gasteiger partial charge on any atom is 0.287 e. The molecule has 1 rings (SSSR count). The number of hydrogen-bond donors (Lipinski definition) is 1. The van der Waals surface area contributed by atoms with Gasteiger partial charge >= 0.3 is 0 Å². The number of nitrogens with one attached hydrogen (secondary N) is 1. The van der Waals surface area contributed by atoms with E-state index < -0.39 is 6.29 Å². The van der Waals surface area contributed by atoms with Gasteiger partial charge in [-0.3, -0.25) is 4.79 Å². The predicted octanol–water partition coefficient (Wildman–Crippen LogP) is 1.44. The number of hydrogen-bond acceptors (Lipinski definition) is 5. The highest BCUT2D eigenvalue weighted by atomic mass is 16.7. The fourth-order valence-corrected chi connectivity index (χ4v) is 1.21. The van der Waals surface area contributed by atoms with Gasteiger partial charge in [-0.25, -0.2) is 0 Å². The van der Waals surface area contributed by atoms with Crippen LogP contribution in [0.3, 0.4) is 0 Å². The van der Waals surface area contributed by atoms with E-state index >= 15 is 0 Å². The fraction of sp³-hybridized carbons (Fsp3) is 0.500. The molecule has 0 aliphatic carbocycles. The van der Waals surface area contributed by atoms with E-state index in [0.717, 1.165) is 0 Å². The third-order valence-corrected chi connectivity index (χ3v) is 2.13. The lowest BCUT2D eigenvalue weighted by Crippen LogP contribution is -2.33. The number of furan rings is 1. The molecule has 0 aromatic carbocycles. The van der Waals surface area contributed by atoms with Crippen LogP contribution >= 0.6 is 0 Å². The zero-order valence-corrected chi connectivity index (χ0v) is 10.1. The summed E-state index contributed by atoms with van der Waals surface area (Å²) in [4.78, 5) is 14.2. The van der Waals surface area contributed by atoms with Gasteiger partial charge in [0, 0.05) is 19.1 Å². The van der Waals surface area contributed by atoms with Crippen LogP contribution in [0, 0.1) is 0 Å². The highest BCUT2D eigenvalue weighted by molar-refractivity contribution is 5.91. The Kier molecular flexibility index (Phi) is 5.72. The topological polar surface area (TPSA) is 109 Å². The molecule has 0 aliphatic rings. The molecule has 0 aliphatic heterocycles. The van der Waals surface area contributed by atoms with Crippen LogP contribution in [0.4, 0.5) is 0 Å². The Morgan fingerprint density at radius 3 is 2.89 bits per heavy atom. The average Bonchev–Trinajstić information content (AvgIpc) is 2.86. The molecule has 1 amide bonds. The number of azide groups is 1. The lowest BCUT2D eigenvalue weighted by atomic mass is 10.4. The first kappa shape index (κ1) is 14.0. The van der Waals surface area contributed by atoms with E-state index in [4.69, 9.17) is 19.4 Å². The smallest absolute Gasteiger partial charge is 0.287 e. The van der Waals surface area contributed by atoms with Gasteiger partial charge in [0.05, 0.1) is 13.1 Å². The molecule has 8 heteroatoms. The van der Waals surface area contributed by atoms with Crippen molar-refractivity contribution in [1.29, 1.82) is 0 Å². The lowest BCUT2D eigenvalue weighted by molar-refractivity contribution is -0.0975. The van der Waals surface area contributed by atoms with Gasteiger partial charge in [0.2, 0.25) is 0 Å². The number of rotatable bonds is 7. The summed E-state index contributed by atoms with van der Waals surface area (Å²) in [5, 5.41) is 5.91. The Morgan fingerprint density at radius 1 is 1.56 bits per heavy atom. The summed E-state index contributed by atoms with van der Waals surface area (Å²) >= 11 is 0. The van der Waals surface area contributed by atoms with Crippen LogP contribution in [0.1, 0.15) is 16.3 Å². The Morgan fingerprint density at radius 2 is 2.28 bits per heavy atom. The van der Waals surface area contributed by atoms with Crippen molar-refractivity contribution < 1.29 is 18.7 Å². The fourth-order valence-electron chi connectivity index (χ4n) is 1.21. The second-order valence-corrected chi connectivity index (χ2v) is 3.27. The van der Waals surface area contributed by atoms with E-state index in [2.05, 4.69) is 15.3 Å². The Bertz CT molecular complexity index is 435. The molecule has 0 radical (unpaired) electrons. The predicted molar refractivity (Wildman–Crippen MR) is 61.7 cm³/mol. The Labute approximate surface area is 103 Å². The molecule has 0 saturated carbocycles. The van der Waals surface area contributed by atoms with Gasteiger partial charge in [-0.15, -0.1) is 0 Å². The molecule has 1 aromatic heterocycles. The third kappa shape index (κ3) is 4.10. The molecule has 0 saturated heterocycles. The van der Waals surface area contributed by atoms with Crippen LogP contribution in [-0.4, -0.2) is 33.0 Å². The summed E-state index contributed by atoms with van der Waals surface area (Å²) in [5.41, 5.74) is 8.15. The largest absolute Gasteiger partial charge is 0.456 e. The lowest BCUT2D eigenvalue weighted by Gasteiger charge is -2.13. The zero-order valence-electron chi connectivity index (χ0n) is 10.1. The van der Waals surface area contributed by atoms with Crippen molar-refractivity contribution in [1.82, 2.24) is 5.32 Å². The van der Waals surface area contributed by atoms with Crippen LogP contribution in [0.15, 0.2) is 21.7 Å². The van der Waals surface area contributed by atoms with E-state index in [1.807, 2.05) is 0 Å². The van der Waals surface area contributed by atoms with Crippen LogP contribution in [0.2, 0.25) is 0 Å². The van der Waals surface area contributed by atoms with Gasteiger partial charge in [0.15, 0.2) is 12.1 Å². The van der Waals surface area contributed by atoms with Crippen molar-refractivity contribution in [2.45, 2.75) is 12.8 Å². The average molecular weight is 254 g/mol. The molecular weight excluding hydrogens is 240 g/mol. The van der Waals surface area contributed by atoms with Crippen molar-refractivity contribution in [3.05, 3.63) is 34.1 Å². The maximum atomic E-state index is 11.6. The number of methoxy groups -OCH3 is 2. The van der Waals surface area contributed by atoms with Gasteiger partial charge in [0.1, 0.15) is 5.76 Å². The highest BCUT2D eigenvalue weighted by Gasteiger charge is 2.13. The molecule has 1 aromatic rings. The molecular formula is C10H14N4O4. The minimum atomic E-state index is -0.508. The molecule has 18 heavy (non-hydrogen) atoms. The molecule has 8 nitrogen and oxygen atoms in total. The van der Waals surface area contributed by atoms with Crippen molar-refractivity contribution in [2.75, 3.05) is 20.8 Å². The summed E-state index contributed by atoms with van der Waals surface area (Å²) in [6.07, 6.45) is -0.508. The molecule has 0 fully saturated rings. The molecule has 98 valence electrons. The molecule has 0 bridgehead atoms. The summed E-state index contributed by atoms with van der Waals surface area (Å²) < 4.78 is 15.0. The molecule has 0 unspecified atom stereocenters. The van der Waals surface area contributed by atoms with E-state index in [1.165, 1.54) is 20.3 Å². The van der Waals surface area contributed by atoms with Crippen molar-refractivity contribution in [2.24, 2.45) is 5.11 Å². The first-order chi connectivity index (χ1) is 8.71. The first-order valence-corrected chi connectivity index (χ1v) is 5.14. The molecule has 1 heterocycles. The minimum Gasteiger partial charge on any atom is -0.456 e. The van der Waals surface area contributed by atoms with Crippen molar-refractivity contribution in [3.63, 3.8) is 0 Å². The normalized spacial score (nSPS) is 10.2.